The average molecular weight is 394 g/mol. The molecule has 29 heavy (non-hydrogen) atoms. The number of phenolic OH excluding ortho intramolecular Hbond substituents is 1. The fourth-order valence-electron chi connectivity index (χ4n) is 3.04. The van der Waals surface area contributed by atoms with Crippen LogP contribution in [0.3, 0.4) is 0 Å². The SMILES string of the molecule is COc1cc(/C=C/c2ccc(N3C(=O)N(C)C(C)(C)C3=O)cc2)cc(C=O)c1O. The Labute approximate surface area is 168 Å². The second kappa shape index (κ2) is 7.43. The Morgan fingerprint density at radius 1 is 1.03 bits per heavy atom. The van der Waals surface area contributed by atoms with E-state index in [9.17, 15) is 19.5 Å². The molecule has 0 aliphatic carbocycles. The third-order valence-electron chi connectivity index (χ3n) is 5.14. The maximum atomic E-state index is 12.6. The van der Waals surface area contributed by atoms with Crippen molar-refractivity contribution in [2.24, 2.45) is 0 Å². The first-order chi connectivity index (χ1) is 13.7. The van der Waals surface area contributed by atoms with E-state index in [4.69, 9.17) is 4.74 Å². The largest absolute Gasteiger partial charge is 0.504 e. The van der Waals surface area contributed by atoms with Gasteiger partial charge < -0.3 is 14.7 Å². The van der Waals surface area contributed by atoms with Crippen LogP contribution in [0.25, 0.3) is 12.2 Å². The van der Waals surface area contributed by atoms with Crippen molar-refractivity contribution in [3.8, 4) is 11.5 Å². The molecule has 1 N–H and O–H groups in total. The van der Waals surface area contributed by atoms with Gasteiger partial charge in [0.1, 0.15) is 5.54 Å². The number of methoxy groups -OCH3 is 1. The standard InChI is InChI=1S/C22H22N2O5/c1-22(2)20(27)24(21(28)23(22)3)17-9-7-14(8-10-17)5-6-15-11-16(13-25)19(26)18(12-15)29-4/h5-13,26H,1-4H3/b6-5+. The number of ether oxygens (including phenoxy) is 1. The van der Waals surface area contributed by atoms with E-state index >= 15 is 0 Å². The van der Waals surface area contributed by atoms with Crippen LogP contribution < -0.4 is 9.64 Å². The van der Waals surface area contributed by atoms with Crippen LogP contribution in [0, 0.1) is 0 Å². The number of aldehydes is 1. The van der Waals surface area contributed by atoms with Gasteiger partial charge in [0.15, 0.2) is 17.8 Å². The summed E-state index contributed by atoms with van der Waals surface area (Å²) < 4.78 is 5.08. The van der Waals surface area contributed by atoms with E-state index in [-0.39, 0.29) is 29.0 Å². The summed E-state index contributed by atoms with van der Waals surface area (Å²) in [7, 11) is 3.02. The van der Waals surface area contributed by atoms with E-state index in [0.717, 1.165) is 5.56 Å². The van der Waals surface area contributed by atoms with Crippen molar-refractivity contribution in [3.63, 3.8) is 0 Å². The molecule has 7 nitrogen and oxygen atoms in total. The zero-order chi connectivity index (χ0) is 21.3. The highest BCUT2D eigenvalue weighted by atomic mass is 16.5. The Bertz CT molecular complexity index is 1010. The molecule has 0 spiro atoms. The molecular weight excluding hydrogens is 372 g/mol. The molecule has 3 amide bonds. The lowest BCUT2D eigenvalue weighted by molar-refractivity contribution is -0.123. The van der Waals surface area contributed by atoms with Gasteiger partial charge in [0.25, 0.3) is 5.91 Å². The van der Waals surface area contributed by atoms with Crippen LogP contribution >= 0.6 is 0 Å². The van der Waals surface area contributed by atoms with Gasteiger partial charge in [-0.15, -0.1) is 0 Å². The number of benzene rings is 2. The average Bonchev–Trinajstić information content (AvgIpc) is 2.87. The maximum Gasteiger partial charge on any atom is 0.332 e. The Kier molecular flexibility index (Phi) is 5.16. The van der Waals surface area contributed by atoms with E-state index in [0.29, 0.717) is 17.5 Å². The molecule has 1 aliphatic rings. The first-order valence-electron chi connectivity index (χ1n) is 8.97. The highest BCUT2D eigenvalue weighted by Gasteiger charge is 2.49. The van der Waals surface area contributed by atoms with E-state index in [1.165, 1.54) is 16.9 Å². The number of aromatic hydroxyl groups is 1. The molecule has 7 heteroatoms. The lowest BCUT2D eigenvalue weighted by Gasteiger charge is -2.22. The zero-order valence-electron chi connectivity index (χ0n) is 16.7. The number of rotatable bonds is 5. The summed E-state index contributed by atoms with van der Waals surface area (Å²) in [6.07, 6.45) is 4.15. The van der Waals surface area contributed by atoms with Gasteiger partial charge in [0.2, 0.25) is 0 Å². The Morgan fingerprint density at radius 2 is 1.66 bits per heavy atom. The van der Waals surface area contributed by atoms with Crippen molar-refractivity contribution in [1.29, 1.82) is 0 Å². The minimum absolute atomic E-state index is 0.136. The van der Waals surface area contributed by atoms with Gasteiger partial charge in [-0.05, 0) is 49.2 Å². The molecule has 0 radical (unpaired) electrons. The van der Waals surface area contributed by atoms with Crippen LogP contribution in [0.2, 0.25) is 0 Å². The lowest BCUT2D eigenvalue weighted by atomic mass is 10.0. The number of hydrogen-bond donors (Lipinski definition) is 1. The number of carbonyl (C=O) groups excluding carboxylic acids is 3. The number of carbonyl (C=O) groups is 3. The van der Waals surface area contributed by atoms with Gasteiger partial charge in [-0.1, -0.05) is 24.3 Å². The van der Waals surface area contributed by atoms with Gasteiger partial charge in [-0.2, -0.15) is 0 Å². The predicted molar refractivity (Wildman–Crippen MR) is 110 cm³/mol. The van der Waals surface area contributed by atoms with Crippen LogP contribution in [0.5, 0.6) is 11.5 Å². The second-order valence-electron chi connectivity index (χ2n) is 7.24. The summed E-state index contributed by atoms with van der Waals surface area (Å²) in [6.45, 7) is 3.42. The van der Waals surface area contributed by atoms with E-state index < -0.39 is 5.54 Å². The third kappa shape index (κ3) is 3.47. The van der Waals surface area contributed by atoms with E-state index in [1.807, 2.05) is 6.08 Å². The number of amides is 3. The normalized spacial score (nSPS) is 16.0. The number of anilines is 1. The van der Waals surface area contributed by atoms with Gasteiger partial charge in [0, 0.05) is 7.05 Å². The summed E-state index contributed by atoms with van der Waals surface area (Å²) in [4.78, 5) is 38.7. The molecule has 0 saturated carbocycles. The summed E-state index contributed by atoms with van der Waals surface area (Å²) >= 11 is 0. The first kappa shape index (κ1) is 20.1. The summed E-state index contributed by atoms with van der Waals surface area (Å²) in [5.74, 6) is -0.259. The van der Waals surface area contributed by atoms with Crippen molar-refractivity contribution in [2.45, 2.75) is 19.4 Å². The summed E-state index contributed by atoms with van der Waals surface area (Å²) in [5, 5.41) is 9.89. The topological polar surface area (TPSA) is 87.2 Å². The van der Waals surface area contributed by atoms with Crippen LogP contribution in [-0.2, 0) is 4.79 Å². The zero-order valence-corrected chi connectivity index (χ0v) is 16.7. The number of urea groups is 1. The Hall–Kier alpha value is -3.61. The highest BCUT2D eigenvalue weighted by molar-refractivity contribution is 6.22. The van der Waals surface area contributed by atoms with Gasteiger partial charge in [0.05, 0.1) is 18.4 Å². The van der Waals surface area contributed by atoms with Crippen LogP contribution in [0.4, 0.5) is 10.5 Å². The maximum absolute atomic E-state index is 12.6. The minimum atomic E-state index is -0.885. The molecule has 0 atom stereocenters. The fourth-order valence-corrected chi connectivity index (χ4v) is 3.04. The third-order valence-corrected chi connectivity index (χ3v) is 5.14. The minimum Gasteiger partial charge on any atom is -0.504 e. The molecule has 2 aromatic rings. The van der Waals surface area contributed by atoms with Crippen LogP contribution in [-0.4, -0.2) is 47.9 Å². The monoisotopic (exact) mass is 394 g/mol. The number of hydrogen-bond acceptors (Lipinski definition) is 5. The van der Waals surface area contributed by atoms with Gasteiger partial charge >= 0.3 is 6.03 Å². The summed E-state index contributed by atoms with van der Waals surface area (Å²) in [6, 6.07) is 9.80. The second-order valence-corrected chi connectivity index (χ2v) is 7.24. The molecule has 1 fully saturated rings. The number of likely N-dealkylation sites (N-methyl/N-ethyl adjacent to an activating group) is 1. The van der Waals surface area contributed by atoms with E-state index in [1.54, 1.807) is 63.4 Å². The molecule has 2 aromatic carbocycles. The van der Waals surface area contributed by atoms with E-state index in [2.05, 4.69) is 0 Å². The molecule has 1 heterocycles. The Morgan fingerprint density at radius 3 is 2.17 bits per heavy atom. The number of imide groups is 1. The van der Waals surface area contributed by atoms with Crippen molar-refractivity contribution >= 4 is 36.1 Å². The van der Waals surface area contributed by atoms with Crippen molar-refractivity contribution in [1.82, 2.24) is 4.90 Å². The smallest absolute Gasteiger partial charge is 0.332 e. The molecule has 1 saturated heterocycles. The highest BCUT2D eigenvalue weighted by Crippen LogP contribution is 2.32. The quantitative estimate of drug-likeness (QED) is 0.476. The van der Waals surface area contributed by atoms with Crippen LogP contribution in [0.1, 0.15) is 35.3 Å². The van der Waals surface area contributed by atoms with Crippen LogP contribution in [0.15, 0.2) is 36.4 Å². The lowest BCUT2D eigenvalue weighted by Crippen LogP contribution is -2.41. The van der Waals surface area contributed by atoms with Crippen molar-refractivity contribution in [2.75, 3.05) is 19.1 Å². The Balaban J connectivity index is 1.84. The van der Waals surface area contributed by atoms with Crippen molar-refractivity contribution < 1.29 is 24.2 Å². The summed E-state index contributed by atoms with van der Waals surface area (Å²) in [5.41, 5.74) is 1.27. The predicted octanol–water partition coefficient (Wildman–Crippen LogP) is 3.56. The molecule has 1 aliphatic heterocycles. The molecule has 0 bridgehead atoms. The number of phenols is 1. The molecular formula is C22H22N2O5. The van der Waals surface area contributed by atoms with Crippen molar-refractivity contribution in [3.05, 3.63) is 53.1 Å². The molecule has 0 unspecified atom stereocenters. The number of nitrogens with zero attached hydrogens (tertiary/aromatic N) is 2. The van der Waals surface area contributed by atoms with Gasteiger partial charge in [-0.3, -0.25) is 9.59 Å². The molecule has 0 aromatic heterocycles. The first-order valence-corrected chi connectivity index (χ1v) is 8.97. The molecule has 3 rings (SSSR count). The molecule has 150 valence electrons. The fraction of sp³-hybridized carbons (Fsp3) is 0.227. The van der Waals surface area contributed by atoms with Gasteiger partial charge in [-0.25, -0.2) is 9.69 Å².